The molecule has 1 aromatic rings. The van der Waals surface area contributed by atoms with E-state index in [2.05, 4.69) is 5.32 Å². The van der Waals surface area contributed by atoms with Crippen molar-refractivity contribution in [1.29, 1.82) is 0 Å². The van der Waals surface area contributed by atoms with Gasteiger partial charge in [0, 0.05) is 17.8 Å². The molecule has 0 saturated carbocycles. The third-order valence-electron chi connectivity index (χ3n) is 4.34. The largest absolute Gasteiger partial charge is 0.418 e. The van der Waals surface area contributed by atoms with Crippen LogP contribution >= 0.6 is 0 Å². The van der Waals surface area contributed by atoms with Gasteiger partial charge in [-0.25, -0.2) is 0 Å². The van der Waals surface area contributed by atoms with Gasteiger partial charge in [-0.05, 0) is 18.6 Å². The van der Waals surface area contributed by atoms with Gasteiger partial charge in [0.25, 0.3) is 0 Å². The first kappa shape index (κ1) is 17.6. The zero-order valence-electron chi connectivity index (χ0n) is 13.1. The van der Waals surface area contributed by atoms with E-state index in [4.69, 9.17) is 0 Å². The molecule has 3 nitrogen and oxygen atoms in total. The Morgan fingerprint density at radius 1 is 1.24 bits per heavy atom. The molecule has 0 aliphatic carbocycles. The maximum atomic E-state index is 13.4. The number of rotatable bonds is 2. The molecular formula is C16H14F6N2O. The van der Waals surface area contributed by atoms with Gasteiger partial charge in [-0.15, -0.1) is 0 Å². The molecule has 1 atom stereocenters. The number of carbonyl (C=O) groups is 1. The van der Waals surface area contributed by atoms with Crippen LogP contribution in [0.1, 0.15) is 30.0 Å². The van der Waals surface area contributed by atoms with Gasteiger partial charge in [-0.3, -0.25) is 4.79 Å². The number of anilines is 2. The highest BCUT2D eigenvalue weighted by Crippen LogP contribution is 2.46. The van der Waals surface area contributed by atoms with E-state index in [-0.39, 0.29) is 29.9 Å². The number of amides is 1. The minimum Gasteiger partial charge on any atom is -0.365 e. The number of likely N-dealkylation sites (N-methyl/N-ethyl adjacent to an activating group) is 1. The van der Waals surface area contributed by atoms with E-state index in [1.54, 1.807) is 6.92 Å². The second kappa shape index (κ2) is 5.67. The molecule has 0 aromatic heterocycles. The van der Waals surface area contributed by atoms with Crippen LogP contribution in [-0.2, 0) is 17.4 Å². The van der Waals surface area contributed by atoms with E-state index in [1.165, 1.54) is 17.1 Å². The average molecular weight is 364 g/mol. The minimum atomic E-state index is -4.73. The van der Waals surface area contributed by atoms with Crippen molar-refractivity contribution in [1.82, 2.24) is 0 Å². The second-order valence-electron chi connectivity index (χ2n) is 5.96. The molecule has 25 heavy (non-hydrogen) atoms. The Balaban J connectivity index is 2.16. The van der Waals surface area contributed by atoms with Crippen molar-refractivity contribution in [2.24, 2.45) is 0 Å². The molecule has 2 aliphatic heterocycles. The molecule has 136 valence electrons. The Labute approximate surface area is 139 Å². The van der Waals surface area contributed by atoms with E-state index in [0.717, 1.165) is 6.07 Å². The van der Waals surface area contributed by atoms with Crippen molar-refractivity contribution in [3.05, 3.63) is 28.8 Å². The van der Waals surface area contributed by atoms with Crippen LogP contribution in [0.2, 0.25) is 0 Å². The van der Waals surface area contributed by atoms with Crippen LogP contribution in [0, 0.1) is 0 Å². The summed E-state index contributed by atoms with van der Waals surface area (Å²) in [4.78, 5) is 12.9. The smallest absolute Gasteiger partial charge is 0.365 e. The van der Waals surface area contributed by atoms with E-state index in [0.29, 0.717) is 5.56 Å². The highest BCUT2D eigenvalue weighted by molar-refractivity contribution is 6.03. The van der Waals surface area contributed by atoms with Gasteiger partial charge in [0.2, 0.25) is 5.91 Å². The Kier molecular flexibility index (Phi) is 4.00. The van der Waals surface area contributed by atoms with Crippen LogP contribution in [0.3, 0.4) is 0 Å². The number of hydrogen-bond donors (Lipinski definition) is 1. The van der Waals surface area contributed by atoms with Gasteiger partial charge in [-0.2, -0.15) is 26.3 Å². The molecule has 0 radical (unpaired) electrons. The first-order valence-corrected chi connectivity index (χ1v) is 7.59. The van der Waals surface area contributed by atoms with Crippen LogP contribution in [0.25, 0.3) is 6.08 Å². The fraction of sp³-hybridized carbons (Fsp3) is 0.438. The molecule has 9 heteroatoms. The van der Waals surface area contributed by atoms with E-state index < -0.39 is 36.3 Å². The lowest BCUT2D eigenvalue weighted by molar-refractivity contribution is -0.138. The summed E-state index contributed by atoms with van der Waals surface area (Å²) in [5, 5.41) is 2.21. The molecule has 1 aromatic carbocycles. The number of halogens is 6. The molecule has 1 amide bonds. The van der Waals surface area contributed by atoms with Gasteiger partial charge in [-0.1, -0.05) is 12.2 Å². The summed E-state index contributed by atoms with van der Waals surface area (Å²) < 4.78 is 78.4. The minimum absolute atomic E-state index is 0.0711. The van der Waals surface area contributed by atoms with Gasteiger partial charge in [0.05, 0.1) is 30.1 Å². The van der Waals surface area contributed by atoms with Crippen LogP contribution in [0.5, 0.6) is 0 Å². The third kappa shape index (κ3) is 3.19. The van der Waals surface area contributed by atoms with E-state index in [1.807, 2.05) is 0 Å². The van der Waals surface area contributed by atoms with E-state index >= 15 is 0 Å². The van der Waals surface area contributed by atoms with Crippen LogP contribution in [0.15, 0.2) is 12.1 Å². The summed E-state index contributed by atoms with van der Waals surface area (Å²) in [6.45, 7) is 1.69. The topological polar surface area (TPSA) is 32.3 Å². The van der Waals surface area contributed by atoms with Gasteiger partial charge in [0.1, 0.15) is 0 Å². The number of nitrogens with one attached hydrogen (secondary N) is 1. The SMILES string of the molecule is CCN1c2cc(C(F)(F)F)c3c(c2C=CC1CC(F)(F)F)CC(=O)N3. The zero-order valence-corrected chi connectivity index (χ0v) is 13.1. The van der Waals surface area contributed by atoms with Crippen molar-refractivity contribution in [3.8, 4) is 0 Å². The van der Waals surface area contributed by atoms with Crippen LogP contribution < -0.4 is 10.2 Å². The molecule has 1 N–H and O–H groups in total. The highest BCUT2D eigenvalue weighted by atomic mass is 19.4. The number of fused-ring (bicyclic) bond motifs is 3. The molecular weight excluding hydrogens is 350 g/mol. The second-order valence-corrected chi connectivity index (χ2v) is 5.96. The summed E-state index contributed by atoms with van der Waals surface area (Å²) in [6.07, 6.45) is -7.84. The van der Waals surface area contributed by atoms with Gasteiger partial charge < -0.3 is 10.2 Å². The fourth-order valence-corrected chi connectivity index (χ4v) is 3.37. The van der Waals surface area contributed by atoms with Crippen molar-refractivity contribution >= 4 is 23.4 Å². The Morgan fingerprint density at radius 3 is 2.48 bits per heavy atom. The average Bonchev–Trinajstić information content (AvgIpc) is 2.84. The van der Waals surface area contributed by atoms with Crippen molar-refractivity contribution in [2.45, 2.75) is 38.2 Å². The predicted octanol–water partition coefficient (Wildman–Crippen LogP) is 4.37. The van der Waals surface area contributed by atoms with Gasteiger partial charge in [0.15, 0.2) is 0 Å². The number of alkyl halides is 6. The zero-order chi connectivity index (χ0) is 18.6. The number of nitrogens with zero attached hydrogens (tertiary/aromatic N) is 1. The summed E-state index contributed by atoms with van der Waals surface area (Å²) in [6, 6.07) is -0.252. The summed E-state index contributed by atoms with van der Waals surface area (Å²) in [5.74, 6) is -0.567. The van der Waals surface area contributed by atoms with Crippen molar-refractivity contribution < 1.29 is 31.1 Å². The first-order valence-electron chi connectivity index (χ1n) is 7.59. The lowest BCUT2D eigenvalue weighted by Crippen LogP contribution is -2.39. The number of hydrogen-bond acceptors (Lipinski definition) is 2. The first-order chi connectivity index (χ1) is 11.5. The molecule has 1 unspecified atom stereocenters. The lowest BCUT2D eigenvalue weighted by atomic mass is 9.92. The summed E-state index contributed by atoms with van der Waals surface area (Å²) in [5.41, 5.74) is -0.726. The summed E-state index contributed by atoms with van der Waals surface area (Å²) >= 11 is 0. The molecule has 2 heterocycles. The van der Waals surface area contributed by atoms with Crippen LogP contribution in [0.4, 0.5) is 37.7 Å². The maximum absolute atomic E-state index is 13.4. The van der Waals surface area contributed by atoms with Gasteiger partial charge >= 0.3 is 12.4 Å². The number of benzene rings is 1. The maximum Gasteiger partial charge on any atom is 0.418 e. The fourth-order valence-electron chi connectivity index (χ4n) is 3.37. The Hall–Kier alpha value is -2.19. The third-order valence-corrected chi connectivity index (χ3v) is 4.34. The standard InChI is InChI=1S/C16H14F6N2O/c1-2-24-8(7-15(17,18)19)3-4-9-10-5-13(25)23-14(10)11(6-12(9)24)16(20,21)22/h3-4,6,8H,2,5,7H2,1H3,(H,23,25). The molecule has 3 rings (SSSR count). The van der Waals surface area contributed by atoms with Crippen molar-refractivity contribution in [2.75, 3.05) is 16.8 Å². The Morgan fingerprint density at radius 2 is 1.92 bits per heavy atom. The molecule has 2 aliphatic rings. The normalized spacial score (nSPS) is 19.7. The molecule has 0 spiro atoms. The lowest BCUT2D eigenvalue weighted by Gasteiger charge is -2.36. The van der Waals surface area contributed by atoms with E-state index in [9.17, 15) is 31.1 Å². The van der Waals surface area contributed by atoms with Crippen molar-refractivity contribution in [3.63, 3.8) is 0 Å². The Bertz CT molecular complexity index is 750. The number of carbonyl (C=O) groups excluding carboxylic acids is 1. The molecule has 0 bridgehead atoms. The molecule has 0 saturated heterocycles. The highest BCUT2D eigenvalue weighted by Gasteiger charge is 2.41. The summed E-state index contributed by atoms with van der Waals surface area (Å²) in [7, 11) is 0. The monoisotopic (exact) mass is 364 g/mol. The molecule has 0 fully saturated rings. The predicted molar refractivity (Wildman–Crippen MR) is 80.3 cm³/mol. The van der Waals surface area contributed by atoms with Crippen LogP contribution in [-0.4, -0.2) is 24.7 Å². The quantitative estimate of drug-likeness (QED) is 0.791.